The van der Waals surface area contributed by atoms with Crippen LogP contribution in [0.2, 0.25) is 0 Å². The molecule has 0 aliphatic rings. The van der Waals surface area contributed by atoms with Crippen LogP contribution < -0.4 is 0 Å². The van der Waals surface area contributed by atoms with E-state index in [0.717, 1.165) is 32.1 Å². The summed E-state index contributed by atoms with van der Waals surface area (Å²) in [5, 5.41) is -0.591. The second-order valence-corrected chi connectivity index (χ2v) is 12.8. The Hall–Kier alpha value is -0.400. The van der Waals surface area contributed by atoms with Gasteiger partial charge in [-0.25, -0.2) is 9.13 Å². The molecular weight excluding hydrogens is 437 g/mol. The molecular formula is C30H61NO2P+. The smallest absolute Gasteiger partial charge is 0.314 e. The summed E-state index contributed by atoms with van der Waals surface area (Å²) in [6, 6.07) is 0. The minimum Gasteiger partial charge on any atom is -0.314 e. The van der Waals surface area contributed by atoms with Gasteiger partial charge in [-0.1, -0.05) is 116 Å². The number of quaternary nitrogens is 1. The monoisotopic (exact) mass is 498 g/mol. The van der Waals surface area contributed by atoms with Gasteiger partial charge in [0.2, 0.25) is 5.28 Å². The van der Waals surface area contributed by atoms with E-state index in [9.17, 15) is 9.13 Å². The number of rotatable bonds is 25. The second-order valence-electron chi connectivity index (χ2n) is 11.5. The standard InChI is InChI=1S/C30H61NO2P/c1-6-8-9-10-11-12-13-14-15-16-17-18-19-20-21-22-23-24-25-26-27-29-30(28-7-2,34(32)33)31(3,4)5/h16-17H,6-15,18-29H2,1-5H3/q+1. The highest BCUT2D eigenvalue weighted by Gasteiger charge is 2.47. The molecule has 0 rings (SSSR count). The van der Waals surface area contributed by atoms with E-state index in [0.29, 0.717) is 4.48 Å². The highest BCUT2D eigenvalue weighted by Crippen LogP contribution is 2.44. The molecule has 202 valence electrons. The molecule has 0 spiro atoms. The van der Waals surface area contributed by atoms with Crippen LogP contribution in [0.3, 0.4) is 0 Å². The molecule has 0 aromatic carbocycles. The van der Waals surface area contributed by atoms with E-state index in [1.165, 1.54) is 109 Å². The summed E-state index contributed by atoms with van der Waals surface area (Å²) in [7, 11) is 3.68. The summed E-state index contributed by atoms with van der Waals surface area (Å²) < 4.78 is 24.8. The molecule has 0 fully saturated rings. The zero-order valence-corrected chi connectivity index (χ0v) is 24.8. The summed E-state index contributed by atoms with van der Waals surface area (Å²) in [6.45, 7) is 4.38. The molecule has 1 atom stereocenters. The van der Waals surface area contributed by atoms with Crippen molar-refractivity contribution in [2.24, 2.45) is 0 Å². The zero-order chi connectivity index (χ0) is 25.5. The maximum Gasteiger partial charge on any atom is 0.378 e. The van der Waals surface area contributed by atoms with Gasteiger partial charge in [0.1, 0.15) is 0 Å². The fraction of sp³-hybridized carbons (Fsp3) is 0.933. The first-order valence-electron chi connectivity index (χ1n) is 14.9. The normalized spacial score (nSPS) is 14.0. The van der Waals surface area contributed by atoms with E-state index in [1.54, 1.807) is 0 Å². The third kappa shape index (κ3) is 16.3. The zero-order valence-electron chi connectivity index (χ0n) is 23.9. The average molecular weight is 499 g/mol. The van der Waals surface area contributed by atoms with Gasteiger partial charge < -0.3 is 4.48 Å². The number of hydrogen-bond donors (Lipinski definition) is 0. The van der Waals surface area contributed by atoms with Crippen LogP contribution in [0.4, 0.5) is 0 Å². The molecule has 0 aliphatic carbocycles. The van der Waals surface area contributed by atoms with Gasteiger partial charge in [-0.15, -0.1) is 0 Å². The van der Waals surface area contributed by atoms with E-state index < -0.39 is 13.0 Å². The molecule has 0 saturated carbocycles. The minimum atomic E-state index is -2.42. The lowest BCUT2D eigenvalue weighted by Gasteiger charge is -2.41. The molecule has 0 aromatic heterocycles. The van der Waals surface area contributed by atoms with Gasteiger partial charge in [-0.3, -0.25) is 0 Å². The maximum atomic E-state index is 12.1. The predicted octanol–water partition coefficient (Wildman–Crippen LogP) is 10.7. The van der Waals surface area contributed by atoms with Crippen molar-refractivity contribution in [2.75, 3.05) is 21.1 Å². The Morgan fingerprint density at radius 1 is 0.529 bits per heavy atom. The highest BCUT2D eigenvalue weighted by atomic mass is 31.1. The molecule has 0 N–H and O–H groups in total. The molecule has 0 aromatic rings. The second kappa shape index (κ2) is 21.8. The van der Waals surface area contributed by atoms with Gasteiger partial charge in [0, 0.05) is 12.8 Å². The Kier molecular flexibility index (Phi) is 21.6. The van der Waals surface area contributed by atoms with Gasteiger partial charge in [0.05, 0.1) is 21.1 Å². The van der Waals surface area contributed by atoms with Crippen molar-refractivity contribution in [1.29, 1.82) is 0 Å². The van der Waals surface area contributed by atoms with E-state index in [4.69, 9.17) is 0 Å². The van der Waals surface area contributed by atoms with Crippen LogP contribution in [-0.4, -0.2) is 30.9 Å². The number of hydrogen-bond acceptors (Lipinski definition) is 2. The third-order valence-electron chi connectivity index (χ3n) is 7.58. The molecule has 0 radical (unpaired) electrons. The number of nitrogens with zero attached hydrogens (tertiary/aromatic N) is 1. The van der Waals surface area contributed by atoms with Gasteiger partial charge in [-0.05, 0) is 38.5 Å². The molecule has 0 aliphatic heterocycles. The molecule has 1 unspecified atom stereocenters. The van der Waals surface area contributed by atoms with Crippen LogP contribution in [0.5, 0.6) is 0 Å². The van der Waals surface area contributed by atoms with Crippen molar-refractivity contribution in [3.8, 4) is 0 Å². The largest absolute Gasteiger partial charge is 0.378 e. The Labute approximate surface area is 215 Å². The van der Waals surface area contributed by atoms with Gasteiger partial charge in [0.25, 0.3) is 0 Å². The fourth-order valence-corrected chi connectivity index (χ4v) is 6.40. The van der Waals surface area contributed by atoms with Crippen LogP contribution in [0.1, 0.15) is 155 Å². The quantitative estimate of drug-likeness (QED) is 0.0543. The van der Waals surface area contributed by atoms with Crippen LogP contribution in [0.25, 0.3) is 0 Å². The molecule has 4 heteroatoms. The Balaban J connectivity index is 3.58. The first-order chi connectivity index (χ1) is 16.3. The van der Waals surface area contributed by atoms with Crippen molar-refractivity contribution >= 4 is 7.68 Å². The van der Waals surface area contributed by atoms with Crippen LogP contribution in [0.15, 0.2) is 12.2 Å². The summed E-state index contributed by atoms with van der Waals surface area (Å²) >= 11 is 0. The minimum absolute atomic E-state index is 0.522. The van der Waals surface area contributed by atoms with Crippen LogP contribution in [0, 0.1) is 0 Å². The maximum absolute atomic E-state index is 12.1. The van der Waals surface area contributed by atoms with E-state index in [-0.39, 0.29) is 0 Å². The van der Waals surface area contributed by atoms with Crippen LogP contribution >= 0.6 is 7.68 Å². The number of allylic oxidation sites excluding steroid dienone is 2. The highest BCUT2D eigenvalue weighted by molar-refractivity contribution is 7.32. The summed E-state index contributed by atoms with van der Waals surface area (Å²) in [5.74, 6) is 0. The summed E-state index contributed by atoms with van der Waals surface area (Å²) in [4.78, 5) is 0. The van der Waals surface area contributed by atoms with Gasteiger partial charge >= 0.3 is 7.68 Å². The molecule has 0 amide bonds. The Morgan fingerprint density at radius 3 is 1.26 bits per heavy atom. The lowest BCUT2D eigenvalue weighted by molar-refractivity contribution is -0.908. The van der Waals surface area contributed by atoms with Crippen molar-refractivity contribution in [2.45, 2.75) is 160 Å². The number of unbranched alkanes of at least 4 members (excludes halogenated alkanes) is 17. The lowest BCUT2D eigenvalue weighted by Crippen LogP contribution is -2.53. The fourth-order valence-electron chi connectivity index (χ4n) is 5.16. The first kappa shape index (κ1) is 33.6. The lowest BCUT2D eigenvalue weighted by atomic mass is 9.99. The topological polar surface area (TPSA) is 34.1 Å². The molecule has 3 nitrogen and oxygen atoms in total. The van der Waals surface area contributed by atoms with Crippen molar-refractivity contribution in [3.05, 3.63) is 12.2 Å². The first-order valence-corrected chi connectivity index (χ1v) is 16.1. The van der Waals surface area contributed by atoms with Crippen LogP contribution in [-0.2, 0) is 9.13 Å². The molecule has 0 heterocycles. The average Bonchev–Trinajstić information content (AvgIpc) is 2.78. The molecule has 34 heavy (non-hydrogen) atoms. The van der Waals surface area contributed by atoms with Crippen molar-refractivity contribution in [1.82, 2.24) is 0 Å². The Bertz CT molecular complexity index is 542. The van der Waals surface area contributed by atoms with E-state index in [1.807, 2.05) is 21.1 Å². The van der Waals surface area contributed by atoms with Gasteiger partial charge in [-0.2, -0.15) is 0 Å². The van der Waals surface area contributed by atoms with Crippen molar-refractivity contribution in [3.63, 3.8) is 0 Å². The Morgan fingerprint density at radius 2 is 0.912 bits per heavy atom. The van der Waals surface area contributed by atoms with E-state index >= 15 is 0 Å². The molecule has 0 saturated heterocycles. The summed E-state index contributed by atoms with van der Waals surface area (Å²) in [6.07, 6.45) is 32.6. The molecule has 0 bridgehead atoms. The predicted molar refractivity (Wildman–Crippen MR) is 151 cm³/mol. The van der Waals surface area contributed by atoms with Crippen molar-refractivity contribution < 1.29 is 13.6 Å². The van der Waals surface area contributed by atoms with Gasteiger partial charge in [0.15, 0.2) is 0 Å². The summed E-state index contributed by atoms with van der Waals surface area (Å²) in [5.41, 5.74) is 0. The SMILES string of the molecule is CCCCCCCCCCC=CCCCCCCCCCCCC(CCC)(P(=O)=O)[N+](C)(C)C. The third-order valence-corrected chi connectivity index (χ3v) is 9.30. The van der Waals surface area contributed by atoms with E-state index in [2.05, 4.69) is 26.0 Å².